The highest BCUT2D eigenvalue weighted by Crippen LogP contribution is 2.35. The van der Waals surface area contributed by atoms with Gasteiger partial charge in [-0.3, -0.25) is 9.78 Å². The molecule has 0 N–H and O–H groups in total. The molecule has 0 aliphatic heterocycles. The van der Waals surface area contributed by atoms with Crippen LogP contribution in [0.15, 0.2) is 78.9 Å². The van der Waals surface area contributed by atoms with Gasteiger partial charge in [-0.2, -0.15) is 0 Å². The standard InChI is InChI=1S/C26H20ClNO/c1-17-8-6-7-9-19(17)12-15-24(29)25-18(2)28-23-14-13-21(27)16-22(23)26(25)20-10-4-3-5-11-20/h3-16H,1-2H3. The molecule has 0 spiro atoms. The largest absolute Gasteiger partial charge is 0.289 e. The van der Waals surface area contributed by atoms with Gasteiger partial charge in [0.1, 0.15) is 0 Å². The maximum absolute atomic E-state index is 13.3. The molecule has 0 unspecified atom stereocenters. The minimum atomic E-state index is -0.0704. The lowest BCUT2D eigenvalue weighted by molar-refractivity contribution is 0.104. The lowest BCUT2D eigenvalue weighted by Gasteiger charge is -2.14. The molecule has 3 aromatic carbocycles. The van der Waals surface area contributed by atoms with Crippen molar-refractivity contribution in [2.24, 2.45) is 0 Å². The number of ketones is 1. The Morgan fingerprint density at radius 3 is 2.41 bits per heavy atom. The van der Waals surface area contributed by atoms with Crippen LogP contribution in [0, 0.1) is 13.8 Å². The molecule has 3 heteroatoms. The van der Waals surface area contributed by atoms with Crippen LogP contribution >= 0.6 is 11.6 Å². The first-order valence-corrected chi connectivity index (χ1v) is 9.86. The molecule has 2 nitrogen and oxygen atoms in total. The number of allylic oxidation sites excluding steroid dienone is 1. The normalized spacial score (nSPS) is 11.3. The van der Waals surface area contributed by atoms with Gasteiger partial charge in [-0.25, -0.2) is 0 Å². The fraction of sp³-hybridized carbons (Fsp3) is 0.0769. The van der Waals surface area contributed by atoms with Crippen molar-refractivity contribution in [3.63, 3.8) is 0 Å². The number of carbonyl (C=O) groups is 1. The van der Waals surface area contributed by atoms with Crippen molar-refractivity contribution < 1.29 is 4.79 Å². The van der Waals surface area contributed by atoms with Crippen molar-refractivity contribution in [2.75, 3.05) is 0 Å². The molecule has 142 valence electrons. The lowest BCUT2D eigenvalue weighted by atomic mass is 9.91. The van der Waals surface area contributed by atoms with E-state index in [1.165, 1.54) is 0 Å². The first-order valence-electron chi connectivity index (χ1n) is 9.48. The molecule has 0 bridgehead atoms. The molecule has 0 aliphatic carbocycles. The number of hydrogen-bond acceptors (Lipinski definition) is 2. The Labute approximate surface area is 175 Å². The van der Waals surface area contributed by atoms with E-state index in [1.54, 1.807) is 6.08 Å². The van der Waals surface area contributed by atoms with E-state index in [1.807, 2.05) is 92.7 Å². The number of benzene rings is 3. The highest BCUT2D eigenvalue weighted by Gasteiger charge is 2.19. The maximum Gasteiger partial charge on any atom is 0.188 e. The van der Waals surface area contributed by atoms with E-state index in [9.17, 15) is 4.79 Å². The van der Waals surface area contributed by atoms with Crippen molar-refractivity contribution in [2.45, 2.75) is 13.8 Å². The third-order valence-electron chi connectivity index (χ3n) is 5.04. The molecule has 4 rings (SSSR count). The van der Waals surface area contributed by atoms with Crippen LogP contribution in [-0.4, -0.2) is 10.8 Å². The summed E-state index contributed by atoms with van der Waals surface area (Å²) in [6, 6.07) is 23.5. The van der Waals surface area contributed by atoms with E-state index in [4.69, 9.17) is 11.6 Å². The van der Waals surface area contributed by atoms with E-state index in [-0.39, 0.29) is 5.78 Å². The summed E-state index contributed by atoms with van der Waals surface area (Å²) in [6.45, 7) is 3.92. The number of aromatic nitrogens is 1. The second kappa shape index (κ2) is 8.02. The van der Waals surface area contributed by atoms with Gasteiger partial charge in [-0.15, -0.1) is 0 Å². The Morgan fingerprint density at radius 2 is 1.66 bits per heavy atom. The van der Waals surface area contributed by atoms with Gasteiger partial charge in [0.15, 0.2) is 5.78 Å². The van der Waals surface area contributed by atoms with Crippen LogP contribution < -0.4 is 0 Å². The van der Waals surface area contributed by atoms with E-state index in [0.29, 0.717) is 16.3 Å². The molecule has 0 radical (unpaired) electrons. The summed E-state index contributed by atoms with van der Waals surface area (Å²) in [5.41, 5.74) is 6.13. The van der Waals surface area contributed by atoms with Gasteiger partial charge >= 0.3 is 0 Å². The molecule has 1 heterocycles. The summed E-state index contributed by atoms with van der Waals surface area (Å²) in [6.07, 6.45) is 3.50. The Morgan fingerprint density at radius 1 is 0.931 bits per heavy atom. The van der Waals surface area contributed by atoms with Gasteiger partial charge in [0, 0.05) is 21.7 Å². The molecule has 0 atom stereocenters. The van der Waals surface area contributed by atoms with Gasteiger partial charge < -0.3 is 0 Å². The average molecular weight is 398 g/mol. The summed E-state index contributed by atoms with van der Waals surface area (Å²) >= 11 is 6.28. The van der Waals surface area contributed by atoms with Crippen molar-refractivity contribution >= 4 is 34.4 Å². The minimum Gasteiger partial charge on any atom is -0.289 e. The summed E-state index contributed by atoms with van der Waals surface area (Å²) in [5, 5.41) is 1.50. The number of fused-ring (bicyclic) bond motifs is 1. The Bertz CT molecular complexity index is 1240. The summed E-state index contributed by atoms with van der Waals surface area (Å²) in [7, 11) is 0. The van der Waals surface area contributed by atoms with Crippen LogP contribution in [0.4, 0.5) is 0 Å². The molecular formula is C26H20ClNO. The van der Waals surface area contributed by atoms with E-state index >= 15 is 0 Å². The van der Waals surface area contributed by atoms with Gasteiger partial charge in [0.2, 0.25) is 0 Å². The highest BCUT2D eigenvalue weighted by atomic mass is 35.5. The maximum atomic E-state index is 13.3. The molecule has 29 heavy (non-hydrogen) atoms. The van der Waals surface area contributed by atoms with Crippen LogP contribution in [0.1, 0.15) is 27.2 Å². The van der Waals surface area contributed by atoms with Gasteiger partial charge in [-0.05, 0) is 54.8 Å². The van der Waals surface area contributed by atoms with Gasteiger partial charge in [0.05, 0.1) is 11.1 Å². The highest BCUT2D eigenvalue weighted by molar-refractivity contribution is 6.31. The molecule has 0 fully saturated rings. The summed E-state index contributed by atoms with van der Waals surface area (Å²) in [5.74, 6) is -0.0704. The fourth-order valence-corrected chi connectivity index (χ4v) is 3.76. The van der Waals surface area contributed by atoms with Crippen LogP contribution in [0.5, 0.6) is 0 Å². The molecule has 0 amide bonds. The number of rotatable bonds is 4. The van der Waals surface area contributed by atoms with E-state index in [0.717, 1.165) is 33.2 Å². The monoisotopic (exact) mass is 397 g/mol. The Hall–Kier alpha value is -3.23. The first-order chi connectivity index (χ1) is 14.0. The first kappa shape index (κ1) is 19.1. The fourth-order valence-electron chi connectivity index (χ4n) is 3.59. The number of aryl methyl sites for hydroxylation is 2. The molecule has 0 saturated carbocycles. The zero-order chi connectivity index (χ0) is 20.4. The average Bonchev–Trinajstić information content (AvgIpc) is 2.73. The van der Waals surface area contributed by atoms with Crippen molar-refractivity contribution in [3.05, 3.63) is 106 Å². The zero-order valence-electron chi connectivity index (χ0n) is 16.3. The topological polar surface area (TPSA) is 30.0 Å². The summed E-state index contributed by atoms with van der Waals surface area (Å²) in [4.78, 5) is 18.0. The van der Waals surface area contributed by atoms with Crippen LogP contribution in [0.2, 0.25) is 5.02 Å². The Kier molecular flexibility index (Phi) is 5.28. The van der Waals surface area contributed by atoms with Crippen molar-refractivity contribution in [3.8, 4) is 11.1 Å². The third-order valence-corrected chi connectivity index (χ3v) is 5.27. The predicted molar refractivity (Wildman–Crippen MR) is 121 cm³/mol. The molecule has 0 saturated heterocycles. The Balaban J connectivity index is 1.93. The zero-order valence-corrected chi connectivity index (χ0v) is 17.1. The predicted octanol–water partition coefficient (Wildman–Crippen LogP) is 7.07. The van der Waals surface area contributed by atoms with Gasteiger partial charge in [0.25, 0.3) is 0 Å². The van der Waals surface area contributed by atoms with Gasteiger partial charge in [-0.1, -0.05) is 72.3 Å². The molecule has 4 aromatic rings. The van der Waals surface area contributed by atoms with Crippen molar-refractivity contribution in [1.29, 1.82) is 0 Å². The second-order valence-electron chi connectivity index (χ2n) is 7.03. The molecule has 1 aromatic heterocycles. The van der Waals surface area contributed by atoms with Crippen LogP contribution in [0.25, 0.3) is 28.1 Å². The van der Waals surface area contributed by atoms with E-state index < -0.39 is 0 Å². The number of pyridine rings is 1. The quantitative estimate of drug-likeness (QED) is 0.272. The van der Waals surface area contributed by atoms with E-state index in [2.05, 4.69) is 4.98 Å². The number of carbonyl (C=O) groups excluding carboxylic acids is 1. The van der Waals surface area contributed by atoms with Crippen LogP contribution in [-0.2, 0) is 0 Å². The second-order valence-corrected chi connectivity index (χ2v) is 7.47. The van der Waals surface area contributed by atoms with Crippen LogP contribution in [0.3, 0.4) is 0 Å². The number of hydrogen-bond donors (Lipinski definition) is 0. The molecule has 0 aliphatic rings. The number of nitrogens with zero attached hydrogens (tertiary/aromatic N) is 1. The smallest absolute Gasteiger partial charge is 0.188 e. The number of halogens is 1. The minimum absolute atomic E-state index is 0.0704. The SMILES string of the molecule is Cc1ccccc1C=CC(=O)c1c(C)nc2ccc(Cl)cc2c1-c1ccccc1. The molecular weight excluding hydrogens is 378 g/mol. The summed E-state index contributed by atoms with van der Waals surface area (Å²) < 4.78 is 0. The lowest BCUT2D eigenvalue weighted by Crippen LogP contribution is -2.05. The third kappa shape index (κ3) is 3.85. The van der Waals surface area contributed by atoms with Crippen molar-refractivity contribution in [1.82, 2.24) is 4.98 Å².